The molecule has 5 aliphatic rings. The minimum Gasteiger partial charge on any atom is -0.383 e. The van der Waals surface area contributed by atoms with Crippen LogP contribution in [0.15, 0.2) is 35.1 Å². The van der Waals surface area contributed by atoms with Crippen LogP contribution in [0.2, 0.25) is 0 Å². The highest BCUT2D eigenvalue weighted by molar-refractivity contribution is 6.02. The largest absolute Gasteiger partial charge is 0.383 e. The molecular weight excluding hydrogens is 504 g/mol. The van der Waals surface area contributed by atoms with Gasteiger partial charge in [0.15, 0.2) is 11.6 Å². The van der Waals surface area contributed by atoms with Crippen molar-refractivity contribution in [2.75, 3.05) is 0 Å². The van der Waals surface area contributed by atoms with Crippen molar-refractivity contribution in [2.24, 2.45) is 45.8 Å². The van der Waals surface area contributed by atoms with Crippen LogP contribution in [-0.2, 0) is 9.59 Å². The minimum absolute atomic E-state index is 0. The Morgan fingerprint density at radius 1 is 1.02 bits per heavy atom. The number of allylic oxidation sites excluding steroid dienone is 6. The van der Waals surface area contributed by atoms with Gasteiger partial charge in [0.1, 0.15) is 6.07 Å². The third-order valence-corrected chi connectivity index (χ3v) is 12.0. The standard InChI is InChI=1S/C34H48N2O2.C2H6.CH4/c1-8-10-23(9-2)36-34-14-12-25-29(26(34)19-31(4,5)15-16-34)27(37)17-28-32(25,6)13-11-24-21(3)30(38)22(20-35)18-33(24,28)7;1-2;/h10,17-18,21,24-26,29,36H,8-9,11-16,19H2,1-7H3;1-2H3;1H4/b23-10-;;. The van der Waals surface area contributed by atoms with Gasteiger partial charge in [-0.15, -0.1) is 0 Å². The number of nitriles is 1. The molecule has 3 fully saturated rings. The van der Waals surface area contributed by atoms with E-state index < -0.39 is 5.41 Å². The number of fused-ring (bicyclic) bond motifs is 7. The normalized spacial score (nSPS) is 40.9. The Balaban J connectivity index is 0.00000151. The van der Waals surface area contributed by atoms with Gasteiger partial charge in [-0.2, -0.15) is 5.26 Å². The van der Waals surface area contributed by atoms with Gasteiger partial charge < -0.3 is 5.32 Å². The predicted molar refractivity (Wildman–Crippen MR) is 170 cm³/mol. The Hall–Kier alpha value is -2.15. The van der Waals surface area contributed by atoms with Crippen molar-refractivity contribution in [3.05, 3.63) is 35.1 Å². The molecule has 0 amide bonds. The van der Waals surface area contributed by atoms with E-state index in [-0.39, 0.29) is 52.9 Å². The molecule has 0 radical (unpaired) electrons. The van der Waals surface area contributed by atoms with E-state index >= 15 is 0 Å². The lowest BCUT2D eigenvalue weighted by Crippen LogP contribution is -2.65. The van der Waals surface area contributed by atoms with Gasteiger partial charge in [-0.05, 0) is 92.4 Å². The molecule has 0 aromatic carbocycles. The molecule has 0 saturated heterocycles. The highest BCUT2D eigenvalue weighted by Crippen LogP contribution is 2.68. The van der Waals surface area contributed by atoms with Crippen LogP contribution in [0.1, 0.15) is 128 Å². The maximum Gasteiger partial charge on any atom is 0.176 e. The van der Waals surface area contributed by atoms with Gasteiger partial charge in [0.2, 0.25) is 0 Å². The number of rotatable bonds is 4. The maximum atomic E-state index is 14.4. The predicted octanol–water partition coefficient (Wildman–Crippen LogP) is 9.13. The van der Waals surface area contributed by atoms with E-state index in [0.29, 0.717) is 17.6 Å². The lowest BCUT2D eigenvalue weighted by Gasteiger charge is -2.64. The van der Waals surface area contributed by atoms with Gasteiger partial charge in [-0.3, -0.25) is 9.59 Å². The van der Waals surface area contributed by atoms with Crippen LogP contribution in [0.4, 0.5) is 0 Å². The summed E-state index contributed by atoms with van der Waals surface area (Å²) in [5, 5.41) is 13.9. The smallest absolute Gasteiger partial charge is 0.176 e. The zero-order chi connectivity index (χ0) is 29.7. The molecule has 0 aromatic rings. The summed E-state index contributed by atoms with van der Waals surface area (Å²) in [5.74, 6) is 0.913. The topological polar surface area (TPSA) is 70.0 Å². The Morgan fingerprint density at radius 2 is 1.68 bits per heavy atom. The summed E-state index contributed by atoms with van der Waals surface area (Å²) >= 11 is 0. The van der Waals surface area contributed by atoms with Gasteiger partial charge in [-0.1, -0.05) is 87.5 Å². The van der Waals surface area contributed by atoms with E-state index in [0.717, 1.165) is 51.4 Å². The molecule has 0 aromatic heterocycles. The van der Waals surface area contributed by atoms with Crippen molar-refractivity contribution in [3.8, 4) is 6.07 Å². The molecule has 0 heterocycles. The quantitative estimate of drug-likeness (QED) is 0.371. The van der Waals surface area contributed by atoms with E-state index in [1.165, 1.54) is 17.7 Å². The molecule has 5 rings (SSSR count). The molecular formula is C37H58N2O2. The van der Waals surface area contributed by atoms with Crippen LogP contribution in [0.5, 0.6) is 0 Å². The van der Waals surface area contributed by atoms with Crippen molar-refractivity contribution in [2.45, 2.75) is 133 Å². The minimum atomic E-state index is -0.413. The summed E-state index contributed by atoms with van der Waals surface area (Å²) in [6, 6.07) is 2.19. The molecule has 41 heavy (non-hydrogen) atoms. The summed E-state index contributed by atoms with van der Waals surface area (Å²) in [4.78, 5) is 27.3. The summed E-state index contributed by atoms with van der Waals surface area (Å²) in [6.07, 6.45) is 15.9. The first-order chi connectivity index (χ1) is 18.9. The van der Waals surface area contributed by atoms with Crippen molar-refractivity contribution in [3.63, 3.8) is 0 Å². The highest BCUT2D eigenvalue weighted by Gasteiger charge is 2.64. The molecule has 0 spiro atoms. The number of hydrogen-bond acceptors (Lipinski definition) is 4. The van der Waals surface area contributed by atoms with E-state index in [4.69, 9.17) is 0 Å². The van der Waals surface area contributed by atoms with Crippen LogP contribution in [-0.4, -0.2) is 17.1 Å². The SMILES string of the molecule is C.CC.CC/C=C(/CC)NC12CCC3C(C(=O)C=C4C5(C)C=C(C#N)C(=O)C(C)C5CCC43C)C1CC(C)(C)CC2. The zero-order valence-corrected chi connectivity index (χ0v) is 26.7. The monoisotopic (exact) mass is 562 g/mol. The van der Waals surface area contributed by atoms with Gasteiger partial charge in [0.25, 0.3) is 0 Å². The second kappa shape index (κ2) is 11.9. The fourth-order valence-electron chi connectivity index (χ4n) is 9.96. The van der Waals surface area contributed by atoms with Gasteiger partial charge in [0, 0.05) is 28.5 Å². The number of Topliss-reactive ketones (excluding diaryl/α,β-unsaturated/α-hetero) is 1. The molecule has 0 aliphatic heterocycles. The molecule has 228 valence electrons. The summed E-state index contributed by atoms with van der Waals surface area (Å²) in [6.45, 7) is 19.8. The lowest BCUT2D eigenvalue weighted by molar-refractivity contribution is -0.139. The van der Waals surface area contributed by atoms with Gasteiger partial charge in [-0.25, -0.2) is 0 Å². The van der Waals surface area contributed by atoms with E-state index in [9.17, 15) is 14.9 Å². The number of ketones is 2. The van der Waals surface area contributed by atoms with E-state index in [2.05, 4.69) is 59.0 Å². The first-order valence-corrected chi connectivity index (χ1v) is 16.3. The zero-order valence-electron chi connectivity index (χ0n) is 26.7. The van der Waals surface area contributed by atoms with E-state index in [1.807, 2.05) is 32.9 Å². The van der Waals surface area contributed by atoms with Crippen molar-refractivity contribution in [1.29, 1.82) is 5.26 Å². The average Bonchev–Trinajstić information content (AvgIpc) is 2.92. The fourth-order valence-corrected chi connectivity index (χ4v) is 9.96. The summed E-state index contributed by atoms with van der Waals surface area (Å²) in [7, 11) is 0. The first kappa shape index (κ1) is 33.4. The molecule has 3 saturated carbocycles. The molecule has 4 nitrogen and oxygen atoms in total. The van der Waals surface area contributed by atoms with Gasteiger partial charge in [0.05, 0.1) is 5.57 Å². The maximum absolute atomic E-state index is 14.4. The van der Waals surface area contributed by atoms with Crippen LogP contribution in [0.3, 0.4) is 0 Å². The molecule has 0 bridgehead atoms. The Morgan fingerprint density at radius 3 is 2.29 bits per heavy atom. The Bertz CT molecular complexity index is 1170. The number of carbonyl (C=O) groups excluding carboxylic acids is 2. The summed E-state index contributed by atoms with van der Waals surface area (Å²) in [5.41, 5.74) is 2.56. The molecule has 1 N–H and O–H groups in total. The van der Waals surface area contributed by atoms with Crippen LogP contribution >= 0.6 is 0 Å². The second-order valence-corrected chi connectivity index (χ2v) is 14.5. The van der Waals surface area contributed by atoms with Crippen molar-refractivity contribution < 1.29 is 9.59 Å². The molecule has 8 unspecified atom stereocenters. The number of hydrogen-bond donors (Lipinski definition) is 1. The molecule has 5 aliphatic carbocycles. The van der Waals surface area contributed by atoms with Gasteiger partial charge >= 0.3 is 0 Å². The van der Waals surface area contributed by atoms with Crippen LogP contribution in [0, 0.1) is 57.2 Å². The number of nitrogens with zero attached hydrogens (tertiary/aromatic N) is 1. The fraction of sp³-hybridized carbons (Fsp3) is 0.757. The third kappa shape index (κ3) is 5.19. The number of nitrogens with one attached hydrogen (secondary N) is 1. The Labute approximate surface area is 251 Å². The lowest BCUT2D eigenvalue weighted by atomic mass is 9.40. The van der Waals surface area contributed by atoms with Crippen LogP contribution in [0.25, 0.3) is 0 Å². The Kier molecular flexibility index (Phi) is 9.64. The highest BCUT2D eigenvalue weighted by atomic mass is 16.1. The molecule has 4 heteroatoms. The number of carbonyl (C=O) groups is 2. The van der Waals surface area contributed by atoms with Crippen molar-refractivity contribution in [1.82, 2.24) is 5.32 Å². The van der Waals surface area contributed by atoms with Crippen LogP contribution < -0.4 is 5.32 Å². The second-order valence-electron chi connectivity index (χ2n) is 14.5. The van der Waals surface area contributed by atoms with Crippen molar-refractivity contribution >= 4 is 11.6 Å². The third-order valence-electron chi connectivity index (χ3n) is 12.0. The average molecular weight is 563 g/mol. The molecule has 8 atom stereocenters. The first-order valence-electron chi connectivity index (χ1n) is 16.3. The van der Waals surface area contributed by atoms with E-state index in [1.54, 1.807) is 0 Å². The summed E-state index contributed by atoms with van der Waals surface area (Å²) < 4.78 is 0.